The average Bonchev–Trinajstić information content (AvgIpc) is 3.05. The lowest BCUT2D eigenvalue weighted by Gasteiger charge is -2.07. The highest BCUT2D eigenvalue weighted by Crippen LogP contribution is 2.35. The van der Waals surface area contributed by atoms with E-state index in [1.807, 2.05) is 31.2 Å². The molecule has 0 atom stereocenters. The Labute approximate surface area is 167 Å². The molecule has 2 heterocycles. The van der Waals surface area contributed by atoms with Crippen molar-refractivity contribution in [2.75, 3.05) is 6.61 Å². The summed E-state index contributed by atoms with van der Waals surface area (Å²) in [5, 5.41) is 0. The minimum Gasteiger partial charge on any atom is -0.493 e. The summed E-state index contributed by atoms with van der Waals surface area (Å²) in [7, 11) is 0. The maximum absolute atomic E-state index is 12.7. The summed E-state index contributed by atoms with van der Waals surface area (Å²) in [4.78, 5) is 28.7. The number of carbonyl (C=O) groups excluding carboxylic acids is 2. The van der Waals surface area contributed by atoms with Crippen LogP contribution in [0.25, 0.3) is 6.08 Å². The van der Waals surface area contributed by atoms with E-state index in [1.165, 1.54) is 18.5 Å². The van der Waals surface area contributed by atoms with Crippen LogP contribution in [-0.4, -0.2) is 23.3 Å². The molecule has 0 unspecified atom stereocenters. The summed E-state index contributed by atoms with van der Waals surface area (Å²) in [6.45, 7) is 2.41. The first-order valence-corrected chi connectivity index (χ1v) is 9.08. The van der Waals surface area contributed by atoms with Gasteiger partial charge in [-0.25, -0.2) is 4.79 Å². The number of esters is 1. The Balaban J connectivity index is 1.57. The topological polar surface area (TPSA) is 74.7 Å². The lowest BCUT2D eigenvalue weighted by molar-refractivity contribution is 0.0734. The molecule has 0 radical (unpaired) electrons. The number of pyridine rings is 1. The number of carbonyl (C=O) groups is 2. The van der Waals surface area contributed by atoms with Crippen molar-refractivity contribution in [1.29, 1.82) is 0 Å². The van der Waals surface area contributed by atoms with Gasteiger partial charge in [-0.1, -0.05) is 18.2 Å². The highest BCUT2D eigenvalue weighted by Gasteiger charge is 2.28. The molecule has 0 fully saturated rings. The zero-order chi connectivity index (χ0) is 20.2. The van der Waals surface area contributed by atoms with Gasteiger partial charge in [-0.15, -0.1) is 0 Å². The molecule has 29 heavy (non-hydrogen) atoms. The second-order valence-corrected chi connectivity index (χ2v) is 6.19. The second-order valence-electron chi connectivity index (χ2n) is 6.19. The summed E-state index contributed by atoms with van der Waals surface area (Å²) in [5.74, 6) is 0.729. The van der Waals surface area contributed by atoms with Crippen molar-refractivity contribution in [2.45, 2.75) is 6.92 Å². The van der Waals surface area contributed by atoms with Crippen molar-refractivity contribution in [3.8, 4) is 17.2 Å². The van der Waals surface area contributed by atoms with Gasteiger partial charge in [0, 0.05) is 24.0 Å². The molecule has 2 aromatic carbocycles. The molecule has 4 rings (SSSR count). The standard InChI is InChI=1S/C23H17NO5/c1-2-27-19-6-4-3-5-16(19)13-21-22(25)18-8-7-17(14-20(18)29-21)28-23(26)15-9-11-24-12-10-15/h3-14H,2H2,1H3/b21-13-. The Morgan fingerprint density at radius 1 is 1.10 bits per heavy atom. The fraction of sp³-hybridized carbons (Fsp3) is 0.0870. The maximum Gasteiger partial charge on any atom is 0.343 e. The molecule has 0 aliphatic carbocycles. The smallest absolute Gasteiger partial charge is 0.343 e. The first-order chi connectivity index (χ1) is 14.2. The summed E-state index contributed by atoms with van der Waals surface area (Å²) < 4.78 is 16.7. The number of nitrogens with zero attached hydrogens (tertiary/aromatic N) is 1. The molecule has 0 saturated heterocycles. The Kier molecular flexibility index (Phi) is 5.07. The molecule has 0 bridgehead atoms. The number of rotatable bonds is 5. The van der Waals surface area contributed by atoms with Gasteiger partial charge < -0.3 is 14.2 Å². The van der Waals surface area contributed by atoms with Crippen LogP contribution < -0.4 is 14.2 Å². The van der Waals surface area contributed by atoms with E-state index >= 15 is 0 Å². The monoisotopic (exact) mass is 387 g/mol. The fourth-order valence-corrected chi connectivity index (χ4v) is 2.91. The van der Waals surface area contributed by atoms with Crippen LogP contribution in [0.3, 0.4) is 0 Å². The normalized spacial score (nSPS) is 13.7. The van der Waals surface area contributed by atoms with Crippen molar-refractivity contribution < 1.29 is 23.8 Å². The number of hydrogen-bond acceptors (Lipinski definition) is 6. The summed E-state index contributed by atoms with van der Waals surface area (Å²) in [6, 6.07) is 15.2. The SMILES string of the molecule is CCOc1ccccc1/C=C1\Oc2cc(OC(=O)c3ccncc3)ccc2C1=O. The van der Waals surface area contributed by atoms with Gasteiger partial charge in [-0.2, -0.15) is 0 Å². The van der Waals surface area contributed by atoms with E-state index in [4.69, 9.17) is 14.2 Å². The molecule has 0 N–H and O–H groups in total. The molecular formula is C23H17NO5. The minimum absolute atomic E-state index is 0.185. The van der Waals surface area contributed by atoms with Crippen LogP contribution in [0.2, 0.25) is 0 Å². The maximum atomic E-state index is 12.7. The van der Waals surface area contributed by atoms with Crippen LogP contribution in [-0.2, 0) is 0 Å². The second kappa shape index (κ2) is 7.98. The lowest BCUT2D eigenvalue weighted by Crippen LogP contribution is -2.08. The van der Waals surface area contributed by atoms with Crippen LogP contribution in [0.15, 0.2) is 72.8 Å². The largest absolute Gasteiger partial charge is 0.493 e. The minimum atomic E-state index is -0.516. The van der Waals surface area contributed by atoms with Gasteiger partial charge in [0.1, 0.15) is 17.2 Å². The Bertz CT molecular complexity index is 1110. The Morgan fingerprint density at radius 2 is 1.90 bits per heavy atom. The lowest BCUT2D eigenvalue weighted by atomic mass is 10.1. The molecule has 6 nitrogen and oxygen atoms in total. The number of aromatic nitrogens is 1. The molecule has 1 aliphatic heterocycles. The van der Waals surface area contributed by atoms with Gasteiger partial charge in [0.25, 0.3) is 0 Å². The van der Waals surface area contributed by atoms with E-state index in [2.05, 4.69) is 4.98 Å². The molecule has 0 saturated carbocycles. The van der Waals surface area contributed by atoms with E-state index in [1.54, 1.807) is 30.3 Å². The number of ketones is 1. The molecule has 1 aromatic heterocycles. The summed E-state index contributed by atoms with van der Waals surface area (Å²) in [5.41, 5.74) is 1.54. The molecule has 0 amide bonds. The molecule has 3 aromatic rings. The van der Waals surface area contributed by atoms with E-state index in [9.17, 15) is 9.59 Å². The number of ether oxygens (including phenoxy) is 3. The number of benzene rings is 2. The van der Waals surface area contributed by atoms with E-state index in [0.29, 0.717) is 29.2 Å². The van der Waals surface area contributed by atoms with Crippen molar-refractivity contribution >= 4 is 17.8 Å². The Hall–Kier alpha value is -3.93. The van der Waals surface area contributed by atoms with Crippen LogP contribution in [0.5, 0.6) is 17.2 Å². The van der Waals surface area contributed by atoms with E-state index in [0.717, 1.165) is 5.56 Å². The molecular weight excluding hydrogens is 370 g/mol. The summed E-state index contributed by atoms with van der Waals surface area (Å²) >= 11 is 0. The highest BCUT2D eigenvalue weighted by molar-refractivity contribution is 6.14. The predicted molar refractivity (Wildman–Crippen MR) is 106 cm³/mol. The molecule has 144 valence electrons. The van der Waals surface area contributed by atoms with Gasteiger partial charge in [0.2, 0.25) is 5.78 Å². The number of hydrogen-bond donors (Lipinski definition) is 0. The van der Waals surface area contributed by atoms with Crippen LogP contribution >= 0.6 is 0 Å². The number of Topliss-reactive ketones (excluding diaryl/α,β-unsaturated/α-hetero) is 1. The van der Waals surface area contributed by atoms with E-state index < -0.39 is 5.97 Å². The third-order valence-corrected chi connectivity index (χ3v) is 4.27. The van der Waals surface area contributed by atoms with Crippen molar-refractivity contribution in [3.05, 3.63) is 89.4 Å². The first kappa shape index (κ1) is 18.4. The third kappa shape index (κ3) is 3.87. The molecule has 1 aliphatic rings. The fourth-order valence-electron chi connectivity index (χ4n) is 2.91. The van der Waals surface area contributed by atoms with Crippen LogP contribution in [0.1, 0.15) is 33.2 Å². The Morgan fingerprint density at radius 3 is 2.69 bits per heavy atom. The van der Waals surface area contributed by atoms with Crippen molar-refractivity contribution in [3.63, 3.8) is 0 Å². The quantitative estimate of drug-likeness (QED) is 0.369. The predicted octanol–water partition coefficient (Wildman–Crippen LogP) is 4.32. The van der Waals surface area contributed by atoms with Crippen LogP contribution in [0.4, 0.5) is 0 Å². The third-order valence-electron chi connectivity index (χ3n) is 4.27. The first-order valence-electron chi connectivity index (χ1n) is 9.08. The number of fused-ring (bicyclic) bond motifs is 1. The van der Waals surface area contributed by atoms with Gasteiger partial charge in [-0.3, -0.25) is 9.78 Å². The van der Waals surface area contributed by atoms with Gasteiger partial charge >= 0.3 is 5.97 Å². The van der Waals surface area contributed by atoms with E-state index in [-0.39, 0.29) is 17.3 Å². The van der Waals surface area contributed by atoms with Crippen molar-refractivity contribution in [1.82, 2.24) is 4.98 Å². The van der Waals surface area contributed by atoms with Crippen LogP contribution in [0, 0.1) is 0 Å². The van der Waals surface area contributed by atoms with Gasteiger partial charge in [0.05, 0.1) is 17.7 Å². The zero-order valence-corrected chi connectivity index (χ0v) is 15.6. The zero-order valence-electron chi connectivity index (χ0n) is 15.6. The van der Waals surface area contributed by atoms with Gasteiger partial charge in [0.15, 0.2) is 5.76 Å². The average molecular weight is 387 g/mol. The molecule has 0 spiro atoms. The number of para-hydroxylation sites is 1. The van der Waals surface area contributed by atoms with Gasteiger partial charge in [-0.05, 0) is 43.3 Å². The van der Waals surface area contributed by atoms with Crippen molar-refractivity contribution in [2.24, 2.45) is 0 Å². The summed E-state index contributed by atoms with van der Waals surface area (Å²) in [6.07, 6.45) is 4.67. The molecule has 6 heteroatoms. The number of allylic oxidation sites excluding steroid dienone is 1. The highest BCUT2D eigenvalue weighted by atomic mass is 16.5.